The summed E-state index contributed by atoms with van der Waals surface area (Å²) in [6.45, 7) is 0.719. The molecule has 0 spiro atoms. The van der Waals surface area contributed by atoms with Gasteiger partial charge in [0.15, 0.2) is 0 Å². The Morgan fingerprint density at radius 1 is 1.47 bits per heavy atom. The highest BCUT2D eigenvalue weighted by Gasteiger charge is 2.18. The average molecular weight is 237 g/mol. The molecule has 0 saturated heterocycles. The fraction of sp³-hybridized carbons (Fsp3) is 0.727. The van der Waals surface area contributed by atoms with Crippen molar-refractivity contribution in [2.24, 2.45) is 5.73 Å². The fourth-order valence-electron chi connectivity index (χ4n) is 2.35. The van der Waals surface area contributed by atoms with E-state index in [1.165, 1.54) is 32.1 Å². The van der Waals surface area contributed by atoms with Crippen molar-refractivity contribution in [1.82, 2.24) is 20.1 Å². The molecule has 1 amide bonds. The highest BCUT2D eigenvalue weighted by Crippen LogP contribution is 2.28. The number of nitrogens with zero attached hydrogens (tertiary/aromatic N) is 3. The maximum absolute atomic E-state index is 10.6. The number of hydrogen-bond donors (Lipinski definition) is 2. The van der Waals surface area contributed by atoms with Crippen LogP contribution in [0.5, 0.6) is 0 Å². The van der Waals surface area contributed by atoms with Crippen molar-refractivity contribution in [2.75, 3.05) is 6.54 Å². The van der Waals surface area contributed by atoms with Gasteiger partial charge in [-0.1, -0.05) is 19.3 Å². The second kappa shape index (κ2) is 5.77. The lowest BCUT2D eigenvalue weighted by Crippen LogP contribution is -2.29. The topological polar surface area (TPSA) is 85.8 Å². The summed E-state index contributed by atoms with van der Waals surface area (Å²) in [7, 11) is 0. The quantitative estimate of drug-likeness (QED) is 0.774. The number of primary amides is 1. The molecule has 1 aliphatic carbocycles. The molecule has 3 N–H and O–H groups in total. The van der Waals surface area contributed by atoms with Crippen LogP contribution in [-0.2, 0) is 11.3 Å². The molecule has 0 radical (unpaired) electrons. The highest BCUT2D eigenvalue weighted by molar-refractivity contribution is 5.75. The summed E-state index contributed by atoms with van der Waals surface area (Å²) in [6, 6.07) is 0.518. The molecular weight excluding hydrogens is 218 g/mol. The molecular formula is C11H19N5O. The molecule has 2 rings (SSSR count). The number of nitrogens with two attached hydrogens (primary N) is 1. The van der Waals surface area contributed by atoms with Crippen LogP contribution in [-0.4, -0.2) is 27.2 Å². The van der Waals surface area contributed by atoms with Gasteiger partial charge in [-0.25, -0.2) is 0 Å². The molecule has 94 valence electrons. The first-order valence-corrected chi connectivity index (χ1v) is 6.15. The van der Waals surface area contributed by atoms with E-state index in [0.29, 0.717) is 12.6 Å². The van der Waals surface area contributed by atoms with Gasteiger partial charge in [-0.3, -0.25) is 4.79 Å². The lowest BCUT2D eigenvalue weighted by Gasteiger charge is -2.23. The number of aromatic nitrogens is 3. The predicted octanol–water partition coefficient (Wildman–Crippen LogP) is 0.358. The molecule has 17 heavy (non-hydrogen) atoms. The Balaban J connectivity index is 1.93. The Kier molecular flexibility index (Phi) is 4.08. The van der Waals surface area contributed by atoms with Gasteiger partial charge in [0, 0.05) is 6.04 Å². The molecule has 0 unspecified atom stereocenters. The molecule has 1 aromatic rings. The van der Waals surface area contributed by atoms with Crippen molar-refractivity contribution in [3.8, 4) is 0 Å². The Hall–Kier alpha value is -1.43. The molecule has 1 aliphatic rings. The molecule has 6 heteroatoms. The zero-order valence-corrected chi connectivity index (χ0v) is 9.93. The minimum absolute atomic E-state index is 0.178. The molecule has 6 nitrogen and oxygen atoms in total. The summed E-state index contributed by atoms with van der Waals surface area (Å²) >= 11 is 0. The van der Waals surface area contributed by atoms with E-state index in [4.69, 9.17) is 5.73 Å². The predicted molar refractivity (Wildman–Crippen MR) is 63.0 cm³/mol. The third kappa shape index (κ3) is 3.26. The molecule has 1 heterocycles. The van der Waals surface area contributed by atoms with Crippen molar-refractivity contribution in [2.45, 2.75) is 44.7 Å². The molecule has 0 bridgehead atoms. The second-order valence-electron chi connectivity index (χ2n) is 4.52. The number of amides is 1. The van der Waals surface area contributed by atoms with Gasteiger partial charge < -0.3 is 15.6 Å². The van der Waals surface area contributed by atoms with E-state index < -0.39 is 0 Å². The molecule has 0 atom stereocenters. The average Bonchev–Trinajstić information content (AvgIpc) is 2.78. The number of carbonyl (C=O) groups is 1. The van der Waals surface area contributed by atoms with Gasteiger partial charge in [-0.05, 0) is 12.8 Å². The van der Waals surface area contributed by atoms with Crippen molar-refractivity contribution < 1.29 is 4.79 Å². The van der Waals surface area contributed by atoms with Gasteiger partial charge in [0.05, 0.1) is 13.1 Å². The Morgan fingerprint density at radius 3 is 2.94 bits per heavy atom. The maximum Gasteiger partial charge on any atom is 0.231 e. The number of nitrogens with one attached hydrogen (secondary N) is 1. The smallest absolute Gasteiger partial charge is 0.231 e. The van der Waals surface area contributed by atoms with E-state index in [-0.39, 0.29) is 12.5 Å². The number of carbonyl (C=O) groups excluding carboxylic acids is 1. The molecule has 0 aromatic carbocycles. The van der Waals surface area contributed by atoms with Crippen molar-refractivity contribution in [3.05, 3.63) is 12.2 Å². The van der Waals surface area contributed by atoms with E-state index >= 15 is 0 Å². The molecule has 0 aliphatic heterocycles. The van der Waals surface area contributed by atoms with E-state index in [9.17, 15) is 4.79 Å². The van der Waals surface area contributed by atoms with E-state index in [1.807, 2.05) is 0 Å². The van der Waals surface area contributed by atoms with Crippen molar-refractivity contribution in [3.63, 3.8) is 0 Å². The monoisotopic (exact) mass is 237 g/mol. The zero-order valence-electron chi connectivity index (χ0n) is 9.93. The van der Waals surface area contributed by atoms with Crippen LogP contribution >= 0.6 is 0 Å². The number of rotatable bonds is 5. The first kappa shape index (κ1) is 12.0. The Labute approximate surface area is 101 Å². The lowest BCUT2D eigenvalue weighted by atomic mass is 9.95. The summed E-state index contributed by atoms with van der Waals surface area (Å²) in [5, 5.41) is 11.0. The summed E-state index contributed by atoms with van der Waals surface area (Å²) in [5.41, 5.74) is 5.07. The minimum atomic E-state index is -0.353. The van der Waals surface area contributed by atoms with Crippen LogP contribution < -0.4 is 11.1 Å². The Bertz CT molecular complexity index is 370. The van der Waals surface area contributed by atoms with Gasteiger partial charge in [0.1, 0.15) is 12.2 Å². The van der Waals surface area contributed by atoms with Crippen LogP contribution in [0.1, 0.15) is 44.0 Å². The maximum atomic E-state index is 10.6. The largest absolute Gasteiger partial charge is 0.369 e. The number of hydrogen-bond acceptors (Lipinski definition) is 4. The minimum Gasteiger partial charge on any atom is -0.369 e. The summed E-state index contributed by atoms with van der Waals surface area (Å²) in [6.07, 6.45) is 8.06. The first-order chi connectivity index (χ1) is 8.27. The van der Waals surface area contributed by atoms with Crippen molar-refractivity contribution in [1.29, 1.82) is 0 Å². The highest BCUT2D eigenvalue weighted by atomic mass is 16.1. The second-order valence-corrected chi connectivity index (χ2v) is 4.52. The summed E-state index contributed by atoms with van der Waals surface area (Å²) in [4.78, 5) is 10.6. The van der Waals surface area contributed by atoms with Crippen molar-refractivity contribution >= 4 is 5.91 Å². The van der Waals surface area contributed by atoms with Crippen LogP contribution in [0.2, 0.25) is 0 Å². The lowest BCUT2D eigenvalue weighted by molar-refractivity contribution is -0.117. The molecule has 1 saturated carbocycles. The van der Waals surface area contributed by atoms with Gasteiger partial charge in [-0.15, -0.1) is 10.2 Å². The summed E-state index contributed by atoms with van der Waals surface area (Å²) in [5.74, 6) is 0.534. The zero-order chi connectivity index (χ0) is 12.1. The van der Waals surface area contributed by atoms with E-state index in [1.54, 1.807) is 6.33 Å². The van der Waals surface area contributed by atoms with Crippen LogP contribution in [0.4, 0.5) is 0 Å². The molecule has 1 aromatic heterocycles. The van der Waals surface area contributed by atoms with Crippen LogP contribution in [0.3, 0.4) is 0 Å². The van der Waals surface area contributed by atoms with Crippen LogP contribution in [0.15, 0.2) is 6.33 Å². The van der Waals surface area contributed by atoms with Gasteiger partial charge in [-0.2, -0.15) is 0 Å². The SMILES string of the molecule is NC(=O)CNCc1nncn1C1CCCCC1. The Morgan fingerprint density at radius 2 is 2.24 bits per heavy atom. The van der Waals surface area contributed by atoms with Crippen LogP contribution in [0, 0.1) is 0 Å². The third-order valence-corrected chi connectivity index (χ3v) is 3.20. The van der Waals surface area contributed by atoms with Gasteiger partial charge >= 0.3 is 0 Å². The summed E-state index contributed by atoms with van der Waals surface area (Å²) < 4.78 is 2.13. The third-order valence-electron chi connectivity index (χ3n) is 3.20. The fourth-order valence-corrected chi connectivity index (χ4v) is 2.35. The standard InChI is InChI=1S/C11H19N5O/c12-10(17)6-13-7-11-15-14-8-16(11)9-4-2-1-3-5-9/h8-9,13H,1-7H2,(H2,12,17). The first-order valence-electron chi connectivity index (χ1n) is 6.15. The van der Waals surface area contributed by atoms with Crippen LogP contribution in [0.25, 0.3) is 0 Å². The normalized spacial score (nSPS) is 17.2. The van der Waals surface area contributed by atoms with Gasteiger partial charge in [0.25, 0.3) is 0 Å². The van der Waals surface area contributed by atoms with E-state index in [0.717, 1.165) is 5.82 Å². The van der Waals surface area contributed by atoms with E-state index in [2.05, 4.69) is 20.1 Å². The molecule has 1 fully saturated rings. The van der Waals surface area contributed by atoms with Gasteiger partial charge in [0.2, 0.25) is 5.91 Å².